The Labute approximate surface area is 126 Å². The Kier molecular flexibility index (Phi) is 3.73. The van der Waals surface area contributed by atoms with Crippen LogP contribution in [0, 0.1) is 0 Å². The summed E-state index contributed by atoms with van der Waals surface area (Å²) in [5, 5.41) is 4.11. The quantitative estimate of drug-likeness (QED) is 0.872. The van der Waals surface area contributed by atoms with Crippen LogP contribution in [-0.4, -0.2) is 35.9 Å². The fourth-order valence-corrected chi connectivity index (χ4v) is 4.32. The van der Waals surface area contributed by atoms with Crippen molar-refractivity contribution < 1.29 is 8.42 Å². The molecule has 3 rings (SSSR count). The first-order valence-electron chi connectivity index (χ1n) is 6.55. The number of nitrogens with one attached hydrogen (secondary N) is 2. The Balaban J connectivity index is 1.80. The van der Waals surface area contributed by atoms with E-state index < -0.39 is 9.84 Å². The molecule has 0 spiro atoms. The van der Waals surface area contributed by atoms with Gasteiger partial charge in [0.2, 0.25) is 0 Å². The van der Waals surface area contributed by atoms with E-state index in [0.29, 0.717) is 34.7 Å². The monoisotopic (exact) mass is 327 g/mol. The first-order chi connectivity index (χ1) is 9.93. The number of sulfone groups is 1. The maximum absolute atomic E-state index is 11.9. The molecule has 2 aromatic rings. The van der Waals surface area contributed by atoms with Crippen LogP contribution in [0.4, 0.5) is 0 Å². The third-order valence-corrected chi connectivity index (χ3v) is 5.51. The summed E-state index contributed by atoms with van der Waals surface area (Å²) in [5.74, 6) is 0.817. The molecule has 8 heteroatoms. The van der Waals surface area contributed by atoms with Crippen LogP contribution in [0.15, 0.2) is 23.0 Å². The van der Waals surface area contributed by atoms with Crippen molar-refractivity contribution in [3.8, 4) is 0 Å². The van der Waals surface area contributed by atoms with E-state index in [-0.39, 0.29) is 23.1 Å². The predicted molar refractivity (Wildman–Crippen MR) is 81.3 cm³/mol. The lowest BCUT2D eigenvalue weighted by molar-refractivity contribution is 0.542. The van der Waals surface area contributed by atoms with Crippen molar-refractivity contribution in [3.63, 3.8) is 0 Å². The summed E-state index contributed by atoms with van der Waals surface area (Å²) in [5.41, 5.74) is 0.301. The van der Waals surface area contributed by atoms with Gasteiger partial charge in [-0.2, -0.15) is 0 Å². The number of fused-ring (bicyclic) bond motifs is 1. The Hall–Kier alpha value is -1.44. The summed E-state index contributed by atoms with van der Waals surface area (Å²) in [4.78, 5) is 19.0. The van der Waals surface area contributed by atoms with Crippen LogP contribution >= 0.6 is 11.6 Å². The number of benzene rings is 1. The molecule has 0 bridgehead atoms. The highest BCUT2D eigenvalue weighted by Crippen LogP contribution is 2.15. The van der Waals surface area contributed by atoms with Crippen molar-refractivity contribution in [1.82, 2.24) is 15.3 Å². The Bertz CT molecular complexity index is 847. The van der Waals surface area contributed by atoms with Gasteiger partial charge >= 0.3 is 0 Å². The molecule has 1 aromatic carbocycles. The third kappa shape index (κ3) is 3.25. The molecule has 1 aromatic heterocycles. The second kappa shape index (κ2) is 5.40. The smallest absolute Gasteiger partial charge is 0.258 e. The zero-order valence-corrected chi connectivity index (χ0v) is 12.7. The average molecular weight is 328 g/mol. The number of H-pyrrole nitrogens is 1. The molecule has 1 fully saturated rings. The highest BCUT2D eigenvalue weighted by molar-refractivity contribution is 7.91. The lowest BCUT2D eigenvalue weighted by Gasteiger charge is -2.10. The fraction of sp³-hybridized carbons (Fsp3) is 0.385. The Morgan fingerprint density at radius 1 is 1.43 bits per heavy atom. The van der Waals surface area contributed by atoms with Gasteiger partial charge in [-0.15, -0.1) is 0 Å². The van der Waals surface area contributed by atoms with Crippen molar-refractivity contribution in [1.29, 1.82) is 0 Å². The second-order valence-corrected chi connectivity index (χ2v) is 7.82. The summed E-state index contributed by atoms with van der Waals surface area (Å²) in [6.07, 6.45) is 0.589. The van der Waals surface area contributed by atoms with Crippen LogP contribution in [-0.2, 0) is 16.4 Å². The van der Waals surface area contributed by atoms with Crippen LogP contribution in [0.2, 0.25) is 5.02 Å². The summed E-state index contributed by atoms with van der Waals surface area (Å²) < 4.78 is 22.8. The molecule has 6 nitrogen and oxygen atoms in total. The van der Waals surface area contributed by atoms with Crippen LogP contribution in [0.3, 0.4) is 0 Å². The van der Waals surface area contributed by atoms with Gasteiger partial charge in [-0.25, -0.2) is 13.4 Å². The zero-order valence-electron chi connectivity index (χ0n) is 11.1. The van der Waals surface area contributed by atoms with Crippen molar-refractivity contribution in [2.45, 2.75) is 19.0 Å². The minimum absolute atomic E-state index is 0.0876. The van der Waals surface area contributed by atoms with Crippen molar-refractivity contribution in [2.75, 3.05) is 11.5 Å². The van der Waals surface area contributed by atoms with E-state index in [1.54, 1.807) is 18.2 Å². The number of hydrogen-bond acceptors (Lipinski definition) is 5. The second-order valence-electron chi connectivity index (χ2n) is 5.15. The molecular weight excluding hydrogens is 314 g/mol. The molecule has 2 heterocycles. The molecule has 0 aliphatic carbocycles. The normalized spacial score (nSPS) is 20.9. The highest BCUT2D eigenvalue weighted by Gasteiger charge is 2.27. The topological polar surface area (TPSA) is 91.9 Å². The van der Waals surface area contributed by atoms with Gasteiger partial charge in [0.15, 0.2) is 9.84 Å². The predicted octanol–water partition coefficient (Wildman–Crippen LogP) is 0.853. The van der Waals surface area contributed by atoms with Gasteiger partial charge in [-0.1, -0.05) is 11.6 Å². The number of rotatable bonds is 3. The van der Waals surface area contributed by atoms with E-state index in [1.807, 2.05) is 0 Å². The van der Waals surface area contributed by atoms with Gasteiger partial charge in [0.25, 0.3) is 5.56 Å². The van der Waals surface area contributed by atoms with Gasteiger partial charge in [0, 0.05) is 11.1 Å². The van der Waals surface area contributed by atoms with Gasteiger partial charge in [-0.05, 0) is 24.6 Å². The molecular formula is C13H14ClN3O3S. The maximum atomic E-state index is 11.9. The molecule has 0 amide bonds. The van der Waals surface area contributed by atoms with Crippen LogP contribution in [0.1, 0.15) is 12.2 Å². The first-order valence-corrected chi connectivity index (χ1v) is 8.75. The number of aromatic amines is 1. The minimum atomic E-state index is -2.92. The van der Waals surface area contributed by atoms with Gasteiger partial charge < -0.3 is 10.3 Å². The lowest BCUT2D eigenvalue weighted by atomic mass is 10.2. The van der Waals surface area contributed by atoms with Crippen molar-refractivity contribution >= 4 is 32.3 Å². The summed E-state index contributed by atoms with van der Waals surface area (Å²) in [7, 11) is -2.92. The largest absolute Gasteiger partial charge is 0.309 e. The highest BCUT2D eigenvalue weighted by atomic mass is 35.5. The molecule has 1 saturated heterocycles. The molecule has 1 atom stereocenters. The molecule has 112 valence electrons. The molecule has 1 aliphatic heterocycles. The average Bonchev–Trinajstić information content (AvgIpc) is 2.75. The number of aromatic nitrogens is 2. The van der Waals surface area contributed by atoms with Gasteiger partial charge in [0.05, 0.1) is 29.0 Å². The number of halogens is 1. The van der Waals surface area contributed by atoms with Crippen molar-refractivity contribution in [2.24, 2.45) is 0 Å². The SMILES string of the molecule is O=c1[nH]c(CNC2CCS(=O)(=O)C2)nc2cc(Cl)ccc12. The molecule has 2 N–H and O–H groups in total. The van der Waals surface area contributed by atoms with E-state index >= 15 is 0 Å². The maximum Gasteiger partial charge on any atom is 0.258 e. The van der Waals surface area contributed by atoms with Crippen LogP contribution in [0.25, 0.3) is 10.9 Å². The number of nitrogens with zero attached hydrogens (tertiary/aromatic N) is 1. The summed E-state index contributed by atoms with van der Waals surface area (Å²) >= 11 is 5.90. The van der Waals surface area contributed by atoms with E-state index in [9.17, 15) is 13.2 Å². The molecule has 0 saturated carbocycles. The fourth-order valence-electron chi connectivity index (χ4n) is 2.44. The number of hydrogen-bond donors (Lipinski definition) is 2. The molecule has 1 unspecified atom stereocenters. The molecule has 1 aliphatic rings. The standard InChI is InChI=1S/C13H14ClN3O3S/c14-8-1-2-10-11(5-8)16-12(17-13(10)18)6-15-9-3-4-21(19,20)7-9/h1-2,5,9,15H,3-4,6-7H2,(H,16,17,18). The molecule has 21 heavy (non-hydrogen) atoms. The third-order valence-electron chi connectivity index (χ3n) is 3.51. The summed E-state index contributed by atoms with van der Waals surface area (Å²) in [6, 6.07) is 4.82. The zero-order chi connectivity index (χ0) is 15.0. The summed E-state index contributed by atoms with van der Waals surface area (Å²) in [6.45, 7) is 0.317. The van der Waals surface area contributed by atoms with Gasteiger partial charge in [-0.3, -0.25) is 4.79 Å². The lowest BCUT2D eigenvalue weighted by Crippen LogP contribution is -2.31. The van der Waals surface area contributed by atoms with E-state index in [2.05, 4.69) is 15.3 Å². The van der Waals surface area contributed by atoms with E-state index in [4.69, 9.17) is 11.6 Å². The first kappa shape index (κ1) is 14.5. The van der Waals surface area contributed by atoms with Crippen molar-refractivity contribution in [3.05, 3.63) is 39.4 Å². The van der Waals surface area contributed by atoms with E-state index in [0.717, 1.165) is 0 Å². The Morgan fingerprint density at radius 3 is 2.95 bits per heavy atom. The minimum Gasteiger partial charge on any atom is -0.309 e. The Morgan fingerprint density at radius 2 is 2.24 bits per heavy atom. The van der Waals surface area contributed by atoms with Crippen LogP contribution in [0.5, 0.6) is 0 Å². The molecule has 0 radical (unpaired) electrons. The van der Waals surface area contributed by atoms with Crippen LogP contribution < -0.4 is 10.9 Å². The van der Waals surface area contributed by atoms with E-state index in [1.165, 1.54) is 0 Å². The van der Waals surface area contributed by atoms with Gasteiger partial charge in [0.1, 0.15) is 5.82 Å².